The topological polar surface area (TPSA) is 12.5 Å². The minimum Gasteiger partial charge on any atom is -0.489 e. The molecule has 4 rings (SSSR count). The van der Waals surface area contributed by atoms with E-state index in [0.717, 1.165) is 23.9 Å². The van der Waals surface area contributed by atoms with Gasteiger partial charge < -0.3 is 9.64 Å². The highest BCUT2D eigenvalue weighted by Gasteiger charge is 2.45. The summed E-state index contributed by atoms with van der Waals surface area (Å²) >= 11 is 6.76. The van der Waals surface area contributed by atoms with Crippen molar-refractivity contribution in [2.24, 2.45) is 0 Å². The summed E-state index contributed by atoms with van der Waals surface area (Å²) in [5, 5.41) is 2.11. The first-order valence-corrected chi connectivity index (χ1v) is 15.2. The molecule has 1 aliphatic carbocycles. The van der Waals surface area contributed by atoms with E-state index in [1.807, 2.05) is 6.08 Å². The van der Waals surface area contributed by atoms with Crippen molar-refractivity contribution in [3.8, 4) is 5.75 Å². The van der Waals surface area contributed by atoms with Crippen molar-refractivity contribution in [3.63, 3.8) is 0 Å². The van der Waals surface area contributed by atoms with Crippen LogP contribution in [-0.2, 0) is 5.41 Å². The number of hydrogen-bond donors (Lipinski definition) is 0. The SMILES string of the molecule is C=CCOc1c(C(C)(C)C)cc(Cl)cc1[Si](C)(C)C1C(N2CCCC2)=Cc2ccccc21. The minimum atomic E-state index is -2.12. The quantitative estimate of drug-likeness (QED) is 0.340. The van der Waals surface area contributed by atoms with Crippen LogP contribution in [0.25, 0.3) is 6.08 Å². The maximum Gasteiger partial charge on any atom is 0.122 e. The van der Waals surface area contributed by atoms with Crippen molar-refractivity contribution in [1.82, 2.24) is 4.90 Å². The van der Waals surface area contributed by atoms with Gasteiger partial charge in [0.25, 0.3) is 0 Å². The van der Waals surface area contributed by atoms with E-state index >= 15 is 0 Å². The van der Waals surface area contributed by atoms with E-state index in [-0.39, 0.29) is 5.41 Å². The first-order valence-electron chi connectivity index (χ1n) is 11.8. The Bertz CT molecular complexity index is 1040. The third kappa shape index (κ3) is 4.17. The van der Waals surface area contributed by atoms with Crippen molar-refractivity contribution in [1.29, 1.82) is 0 Å². The predicted octanol–water partition coefficient (Wildman–Crippen LogP) is 6.89. The van der Waals surface area contributed by atoms with E-state index in [4.69, 9.17) is 16.3 Å². The van der Waals surface area contributed by atoms with Gasteiger partial charge in [0.1, 0.15) is 12.4 Å². The van der Waals surface area contributed by atoms with Crippen LogP contribution in [0.3, 0.4) is 0 Å². The Kier molecular flexibility index (Phi) is 6.35. The molecule has 2 aliphatic rings. The third-order valence-electron chi connectivity index (χ3n) is 7.00. The monoisotopic (exact) mass is 465 g/mol. The summed E-state index contributed by atoms with van der Waals surface area (Å²) in [5.74, 6) is 1.02. The van der Waals surface area contributed by atoms with Gasteiger partial charge in [0.2, 0.25) is 0 Å². The highest BCUT2D eigenvalue weighted by Crippen LogP contribution is 2.46. The molecule has 4 heteroatoms. The fourth-order valence-electron chi connectivity index (χ4n) is 5.40. The molecule has 1 atom stereocenters. The second-order valence-corrected chi connectivity index (χ2v) is 15.7. The summed E-state index contributed by atoms with van der Waals surface area (Å²) in [6.45, 7) is 18.4. The predicted molar refractivity (Wildman–Crippen MR) is 141 cm³/mol. The van der Waals surface area contributed by atoms with Crippen molar-refractivity contribution in [2.75, 3.05) is 19.7 Å². The van der Waals surface area contributed by atoms with Gasteiger partial charge in [-0.05, 0) is 52.8 Å². The molecule has 32 heavy (non-hydrogen) atoms. The molecule has 2 aromatic rings. The molecule has 0 amide bonds. The maximum absolute atomic E-state index is 6.76. The maximum atomic E-state index is 6.76. The van der Waals surface area contributed by atoms with E-state index in [2.05, 4.69) is 87.8 Å². The van der Waals surface area contributed by atoms with Crippen molar-refractivity contribution < 1.29 is 4.74 Å². The van der Waals surface area contributed by atoms with Gasteiger partial charge in [0.05, 0.1) is 8.07 Å². The second kappa shape index (κ2) is 8.76. The minimum absolute atomic E-state index is 0.0676. The smallest absolute Gasteiger partial charge is 0.122 e. The molecule has 1 saturated heterocycles. The molecular weight excluding hydrogens is 430 g/mol. The van der Waals surface area contributed by atoms with Gasteiger partial charge in [-0.2, -0.15) is 0 Å². The number of halogens is 1. The fourth-order valence-corrected chi connectivity index (χ4v) is 9.38. The normalized spacial score (nSPS) is 18.5. The standard InChI is InChI=1S/C28H36ClNOSi/c1-7-16-31-26-23(28(2,3)4)18-21(29)19-25(26)32(5,6)27-22-13-9-8-12-20(22)17-24(27)30-14-10-11-15-30/h7-9,12-13,17-19,27H,1,10-11,14-16H2,2-6H3. The molecule has 0 radical (unpaired) electrons. The van der Waals surface area contributed by atoms with Gasteiger partial charge in [-0.3, -0.25) is 0 Å². The molecule has 2 nitrogen and oxygen atoms in total. The first-order chi connectivity index (χ1) is 15.1. The lowest BCUT2D eigenvalue weighted by molar-refractivity contribution is 0.353. The average Bonchev–Trinajstić information content (AvgIpc) is 3.39. The molecule has 0 saturated carbocycles. The zero-order valence-electron chi connectivity index (χ0n) is 20.2. The molecule has 1 aliphatic heterocycles. The van der Waals surface area contributed by atoms with Crippen molar-refractivity contribution in [2.45, 2.75) is 57.7 Å². The average molecular weight is 466 g/mol. The number of likely N-dealkylation sites (tertiary alicyclic amines) is 1. The highest BCUT2D eigenvalue weighted by molar-refractivity contribution is 6.92. The van der Waals surface area contributed by atoms with Crippen molar-refractivity contribution in [3.05, 3.63) is 76.5 Å². The summed E-state index contributed by atoms with van der Waals surface area (Å²) in [6, 6.07) is 13.2. The number of ether oxygens (including phenoxy) is 1. The summed E-state index contributed by atoms with van der Waals surface area (Å²) in [5.41, 5.74) is 5.81. The molecule has 0 bridgehead atoms. The lowest BCUT2D eigenvalue weighted by Crippen LogP contribution is -2.50. The Morgan fingerprint density at radius 3 is 2.50 bits per heavy atom. The van der Waals surface area contributed by atoms with Gasteiger partial charge in [0, 0.05) is 34.9 Å². The van der Waals surface area contributed by atoms with E-state index in [1.54, 1.807) is 0 Å². The Hall–Kier alpha value is -1.97. The van der Waals surface area contributed by atoms with Gasteiger partial charge in [0.15, 0.2) is 0 Å². The van der Waals surface area contributed by atoms with Crippen LogP contribution in [0.2, 0.25) is 18.1 Å². The summed E-state index contributed by atoms with van der Waals surface area (Å²) < 4.78 is 6.42. The molecule has 170 valence electrons. The molecule has 0 spiro atoms. The van der Waals surface area contributed by atoms with E-state index < -0.39 is 8.07 Å². The first kappa shape index (κ1) is 23.2. The van der Waals surface area contributed by atoms with Crippen LogP contribution in [0.1, 0.15) is 55.8 Å². The van der Waals surface area contributed by atoms with E-state index in [1.165, 1.54) is 40.4 Å². The number of nitrogens with zero attached hydrogens (tertiary/aromatic N) is 1. The summed E-state index contributed by atoms with van der Waals surface area (Å²) in [6.07, 6.45) is 6.84. The van der Waals surface area contributed by atoms with Gasteiger partial charge in [-0.15, -0.1) is 0 Å². The van der Waals surface area contributed by atoms with Crippen LogP contribution in [0.4, 0.5) is 0 Å². The number of fused-ring (bicyclic) bond motifs is 1. The van der Waals surface area contributed by atoms with Crippen LogP contribution < -0.4 is 9.92 Å². The Balaban J connectivity index is 1.91. The number of rotatable bonds is 6. The fraction of sp³-hybridized carbons (Fsp3) is 0.429. The zero-order chi connectivity index (χ0) is 23.1. The van der Waals surface area contributed by atoms with Gasteiger partial charge in [-0.25, -0.2) is 0 Å². The van der Waals surface area contributed by atoms with Crippen LogP contribution >= 0.6 is 11.6 Å². The van der Waals surface area contributed by atoms with Gasteiger partial charge in [-0.1, -0.05) is 82.4 Å². The largest absolute Gasteiger partial charge is 0.489 e. The Morgan fingerprint density at radius 2 is 1.84 bits per heavy atom. The number of hydrogen-bond acceptors (Lipinski definition) is 2. The zero-order valence-corrected chi connectivity index (χ0v) is 21.9. The number of allylic oxidation sites excluding steroid dienone is 1. The molecule has 2 aromatic carbocycles. The lowest BCUT2D eigenvalue weighted by Gasteiger charge is -2.38. The van der Waals surface area contributed by atoms with E-state index in [9.17, 15) is 0 Å². The molecule has 0 N–H and O–H groups in total. The molecule has 1 unspecified atom stereocenters. The molecule has 1 heterocycles. The van der Waals surface area contributed by atoms with E-state index in [0.29, 0.717) is 12.1 Å². The third-order valence-corrected chi connectivity index (χ3v) is 11.0. The highest BCUT2D eigenvalue weighted by atomic mass is 35.5. The lowest BCUT2D eigenvalue weighted by atomic mass is 9.86. The molecule has 0 aromatic heterocycles. The Morgan fingerprint density at radius 1 is 1.16 bits per heavy atom. The van der Waals surface area contributed by atoms with Crippen LogP contribution in [0, 0.1) is 0 Å². The van der Waals surface area contributed by atoms with Gasteiger partial charge >= 0.3 is 0 Å². The molecule has 1 fully saturated rings. The van der Waals surface area contributed by atoms with Crippen molar-refractivity contribution >= 4 is 30.9 Å². The van der Waals surface area contributed by atoms with Crippen LogP contribution in [-0.4, -0.2) is 32.7 Å². The Labute approximate surface area is 199 Å². The summed E-state index contributed by atoms with van der Waals surface area (Å²) in [7, 11) is -2.12. The molecular formula is C28H36ClNOSi. The second-order valence-electron chi connectivity index (χ2n) is 10.7. The summed E-state index contributed by atoms with van der Waals surface area (Å²) in [4.78, 5) is 2.62. The number of benzene rings is 2. The van der Waals surface area contributed by atoms with Crippen LogP contribution in [0.15, 0.2) is 54.8 Å². The van der Waals surface area contributed by atoms with Crippen LogP contribution in [0.5, 0.6) is 5.75 Å².